The van der Waals surface area contributed by atoms with E-state index < -0.39 is 66.8 Å². The van der Waals surface area contributed by atoms with Gasteiger partial charge in [0.25, 0.3) is 5.91 Å². The van der Waals surface area contributed by atoms with Crippen molar-refractivity contribution < 1.29 is 49.1 Å². The van der Waals surface area contributed by atoms with Gasteiger partial charge in [-0.3, -0.25) is 10.5 Å². The van der Waals surface area contributed by atoms with Gasteiger partial charge in [-0.1, -0.05) is 25.3 Å². The van der Waals surface area contributed by atoms with Crippen molar-refractivity contribution in [2.75, 3.05) is 13.1 Å². The summed E-state index contributed by atoms with van der Waals surface area (Å²) in [5.74, 6) is -4.96. The Kier molecular flexibility index (Phi) is 8.72. The third kappa shape index (κ3) is 6.36. The predicted molar refractivity (Wildman–Crippen MR) is 128 cm³/mol. The maximum atomic E-state index is 13.4. The number of likely N-dealkylation sites (tertiary alicyclic amines) is 1. The molecule has 7 nitrogen and oxygen atoms in total. The van der Waals surface area contributed by atoms with E-state index in [1.165, 1.54) is 18.7 Å². The summed E-state index contributed by atoms with van der Waals surface area (Å²) in [6.07, 6.45) is -7.31. The molecule has 1 atom stereocenters. The van der Waals surface area contributed by atoms with Gasteiger partial charge in [-0.25, -0.2) is 13.2 Å². The van der Waals surface area contributed by atoms with E-state index in [9.17, 15) is 44.3 Å². The Hall–Kier alpha value is -2.35. The van der Waals surface area contributed by atoms with Crippen LogP contribution in [0.4, 0.5) is 26.3 Å². The van der Waals surface area contributed by atoms with Crippen LogP contribution in [0.15, 0.2) is 29.2 Å². The summed E-state index contributed by atoms with van der Waals surface area (Å²) in [4.78, 5) is 25.8. The fourth-order valence-corrected chi connectivity index (χ4v) is 7.25. The van der Waals surface area contributed by atoms with Gasteiger partial charge in [-0.15, -0.1) is 0 Å². The zero-order valence-corrected chi connectivity index (χ0v) is 22.4. The molecule has 0 unspecified atom stereocenters. The van der Waals surface area contributed by atoms with Crippen molar-refractivity contribution in [2.24, 2.45) is 17.6 Å². The van der Waals surface area contributed by atoms with Crippen LogP contribution in [0.2, 0.25) is 0 Å². The molecule has 1 aliphatic carbocycles. The lowest BCUT2D eigenvalue weighted by molar-refractivity contribution is -0.222. The van der Waals surface area contributed by atoms with Crippen LogP contribution < -0.4 is 5.73 Å². The number of carbonyl (C=O) groups is 2. The summed E-state index contributed by atoms with van der Waals surface area (Å²) in [5.41, 5.74) is 2.51. The number of esters is 1. The highest BCUT2D eigenvalue weighted by Gasteiger charge is 2.54. The molecule has 1 aromatic carbocycles. The maximum Gasteiger partial charge on any atom is 0.491 e. The minimum absolute atomic E-state index is 0.0831. The molecule has 39 heavy (non-hydrogen) atoms. The highest BCUT2D eigenvalue weighted by atomic mass is 32.2. The van der Waals surface area contributed by atoms with E-state index in [2.05, 4.69) is 4.74 Å². The number of rotatable bonds is 6. The van der Waals surface area contributed by atoms with Crippen molar-refractivity contribution in [1.29, 1.82) is 0 Å². The second-order valence-electron chi connectivity index (χ2n) is 10.7. The fraction of sp³-hybridized carbons (Fsp3) is 0.680. The van der Waals surface area contributed by atoms with E-state index in [-0.39, 0.29) is 25.9 Å². The summed E-state index contributed by atoms with van der Waals surface area (Å²) in [6.45, 7) is 2.62. The van der Waals surface area contributed by atoms with Gasteiger partial charge in [0.05, 0.1) is 15.2 Å². The smallest absolute Gasteiger partial charge is 0.427 e. The first kappa shape index (κ1) is 31.2. The standard InChI is InChI=1S/C25H32F6N2O5S/c1-22(2,39(36,37)19-10-6-9-18(15-19)24(26,27)28)16-11-13-33(14-12-16)20(34)23(32,17-7-4-3-5-8-17)38-21(35)25(29,30)31/h6,9-10,15-17H,3-5,7-8,11-14,32H2,1-2H3/t23-/m0/s1. The molecule has 1 heterocycles. The molecule has 14 heteroatoms. The molecule has 0 radical (unpaired) electrons. The maximum absolute atomic E-state index is 13.4. The van der Waals surface area contributed by atoms with Crippen molar-refractivity contribution in [3.05, 3.63) is 29.8 Å². The Bertz CT molecular complexity index is 1170. The van der Waals surface area contributed by atoms with E-state index in [0.717, 1.165) is 24.6 Å². The van der Waals surface area contributed by atoms with Crippen LogP contribution in [-0.4, -0.2) is 54.9 Å². The SMILES string of the molecule is CC(C)(C1CCN(C(=O)[C@@](N)(OC(=O)C(F)(F)F)C2CCCCC2)CC1)S(=O)(=O)c1cccc(C(F)(F)F)c1. The van der Waals surface area contributed by atoms with Gasteiger partial charge in [0, 0.05) is 19.0 Å². The monoisotopic (exact) mass is 586 g/mol. The van der Waals surface area contributed by atoms with Crippen LogP contribution in [-0.2, 0) is 30.3 Å². The largest absolute Gasteiger partial charge is 0.491 e. The molecule has 1 saturated heterocycles. The number of carbonyl (C=O) groups excluding carboxylic acids is 2. The van der Waals surface area contributed by atoms with Gasteiger partial charge in [-0.05, 0) is 63.6 Å². The number of nitrogens with two attached hydrogens (primary N) is 1. The first-order valence-corrected chi connectivity index (χ1v) is 14.1. The predicted octanol–water partition coefficient (Wildman–Crippen LogP) is 4.84. The minimum atomic E-state index is -5.35. The van der Waals surface area contributed by atoms with Gasteiger partial charge in [0.1, 0.15) is 0 Å². The van der Waals surface area contributed by atoms with Crippen LogP contribution in [0.25, 0.3) is 0 Å². The summed E-state index contributed by atoms with van der Waals surface area (Å²) >= 11 is 0. The molecule has 0 bridgehead atoms. The first-order valence-electron chi connectivity index (χ1n) is 12.6. The number of alkyl halides is 6. The molecule has 3 rings (SSSR count). The Morgan fingerprint density at radius 3 is 2.00 bits per heavy atom. The Labute approximate surface area is 223 Å². The number of sulfone groups is 1. The Morgan fingerprint density at radius 2 is 1.49 bits per heavy atom. The lowest BCUT2D eigenvalue weighted by Gasteiger charge is -2.44. The minimum Gasteiger partial charge on any atom is -0.427 e. The fourth-order valence-electron chi connectivity index (χ4n) is 5.43. The average molecular weight is 587 g/mol. The molecule has 1 aliphatic heterocycles. The molecule has 1 amide bonds. The van der Waals surface area contributed by atoms with Crippen LogP contribution in [0.5, 0.6) is 0 Å². The third-order valence-corrected chi connectivity index (χ3v) is 10.6. The summed E-state index contributed by atoms with van der Waals surface area (Å²) in [7, 11) is -4.26. The quantitative estimate of drug-likeness (QED) is 0.291. The lowest BCUT2D eigenvalue weighted by Crippen LogP contribution is -2.64. The van der Waals surface area contributed by atoms with Gasteiger partial charge in [0.2, 0.25) is 5.72 Å². The molecule has 2 aliphatic rings. The lowest BCUT2D eigenvalue weighted by atomic mass is 9.80. The molecular weight excluding hydrogens is 554 g/mol. The van der Waals surface area contributed by atoms with Crippen molar-refractivity contribution >= 4 is 21.7 Å². The van der Waals surface area contributed by atoms with Crippen LogP contribution >= 0.6 is 0 Å². The third-order valence-electron chi connectivity index (χ3n) is 7.97. The molecule has 1 saturated carbocycles. The summed E-state index contributed by atoms with van der Waals surface area (Å²) in [5, 5.41) is 0. The number of benzene rings is 1. The first-order chi connectivity index (χ1) is 17.8. The number of hydrogen-bond donors (Lipinski definition) is 1. The van der Waals surface area contributed by atoms with E-state index in [0.29, 0.717) is 31.7 Å². The molecular formula is C25H32F6N2O5S. The Balaban J connectivity index is 1.79. The van der Waals surface area contributed by atoms with Crippen molar-refractivity contribution in [1.82, 2.24) is 4.90 Å². The van der Waals surface area contributed by atoms with Gasteiger partial charge >= 0.3 is 18.3 Å². The van der Waals surface area contributed by atoms with Crippen LogP contribution in [0, 0.1) is 11.8 Å². The molecule has 0 spiro atoms. The number of nitrogens with zero attached hydrogens (tertiary/aromatic N) is 1. The number of ether oxygens (including phenoxy) is 1. The van der Waals surface area contributed by atoms with E-state index >= 15 is 0 Å². The van der Waals surface area contributed by atoms with Gasteiger partial charge in [0.15, 0.2) is 9.84 Å². The molecule has 0 aromatic heterocycles. The van der Waals surface area contributed by atoms with Crippen LogP contribution in [0.3, 0.4) is 0 Å². The van der Waals surface area contributed by atoms with Crippen LogP contribution in [0.1, 0.15) is 64.4 Å². The molecule has 220 valence electrons. The van der Waals surface area contributed by atoms with E-state index in [1.807, 2.05) is 0 Å². The van der Waals surface area contributed by atoms with E-state index in [4.69, 9.17) is 5.73 Å². The summed E-state index contributed by atoms with van der Waals surface area (Å²) < 4.78 is 108. The molecule has 2 N–H and O–H groups in total. The normalized spacial score (nSPS) is 20.4. The van der Waals surface area contributed by atoms with Crippen molar-refractivity contribution in [2.45, 2.75) is 86.5 Å². The summed E-state index contributed by atoms with van der Waals surface area (Å²) in [6, 6.07) is 3.46. The second kappa shape index (κ2) is 10.9. The number of piperidine rings is 1. The highest BCUT2D eigenvalue weighted by molar-refractivity contribution is 7.92. The highest BCUT2D eigenvalue weighted by Crippen LogP contribution is 2.41. The number of halogens is 6. The second-order valence-corrected chi connectivity index (χ2v) is 13.2. The number of hydrogen-bond acceptors (Lipinski definition) is 6. The average Bonchev–Trinajstić information content (AvgIpc) is 2.87. The zero-order chi connectivity index (χ0) is 29.4. The van der Waals surface area contributed by atoms with Gasteiger partial charge < -0.3 is 9.64 Å². The van der Waals surface area contributed by atoms with E-state index in [1.54, 1.807) is 0 Å². The zero-order valence-electron chi connectivity index (χ0n) is 21.6. The molecule has 1 aromatic rings. The van der Waals surface area contributed by atoms with Crippen molar-refractivity contribution in [3.63, 3.8) is 0 Å². The Morgan fingerprint density at radius 1 is 0.923 bits per heavy atom. The van der Waals surface area contributed by atoms with Crippen molar-refractivity contribution in [3.8, 4) is 0 Å². The van der Waals surface area contributed by atoms with Gasteiger partial charge in [-0.2, -0.15) is 26.3 Å². The number of amides is 1. The molecule has 2 fully saturated rings. The topological polar surface area (TPSA) is 107 Å².